The topological polar surface area (TPSA) is 12.0 Å². The molecular weight excluding hydrogens is 214 g/mol. The van der Waals surface area contributed by atoms with Crippen molar-refractivity contribution in [1.29, 1.82) is 0 Å². The molecular formula is C14H29NS. The van der Waals surface area contributed by atoms with Crippen molar-refractivity contribution in [3.8, 4) is 0 Å². The molecule has 1 saturated carbocycles. The Hall–Kier alpha value is 0.310. The van der Waals surface area contributed by atoms with E-state index in [1.807, 2.05) is 0 Å². The van der Waals surface area contributed by atoms with Gasteiger partial charge in [0.25, 0.3) is 0 Å². The van der Waals surface area contributed by atoms with Gasteiger partial charge in [-0.25, -0.2) is 0 Å². The van der Waals surface area contributed by atoms with Crippen LogP contribution in [-0.2, 0) is 0 Å². The molecule has 1 fully saturated rings. The summed E-state index contributed by atoms with van der Waals surface area (Å²) in [5, 5.41) is 3.73. The summed E-state index contributed by atoms with van der Waals surface area (Å²) in [4.78, 5) is 0. The minimum absolute atomic E-state index is 0.827. The van der Waals surface area contributed by atoms with Crippen molar-refractivity contribution in [3.05, 3.63) is 0 Å². The first-order valence-electron chi connectivity index (χ1n) is 7.10. The largest absolute Gasteiger partial charge is 0.313 e. The van der Waals surface area contributed by atoms with Crippen LogP contribution >= 0.6 is 11.8 Å². The van der Waals surface area contributed by atoms with Gasteiger partial charge in [-0.3, -0.25) is 0 Å². The normalized spacial score (nSPS) is 18.9. The number of hydrogen-bond acceptors (Lipinski definition) is 2. The molecule has 1 rings (SSSR count). The van der Waals surface area contributed by atoms with Crippen LogP contribution in [0.25, 0.3) is 0 Å². The summed E-state index contributed by atoms with van der Waals surface area (Å²) >= 11 is 2.11. The van der Waals surface area contributed by atoms with E-state index < -0.39 is 0 Å². The molecule has 0 amide bonds. The van der Waals surface area contributed by atoms with Crippen LogP contribution < -0.4 is 5.32 Å². The van der Waals surface area contributed by atoms with Gasteiger partial charge in [0, 0.05) is 18.3 Å². The van der Waals surface area contributed by atoms with Crippen LogP contribution in [0.5, 0.6) is 0 Å². The predicted molar refractivity (Wildman–Crippen MR) is 76.3 cm³/mol. The van der Waals surface area contributed by atoms with E-state index in [1.165, 1.54) is 63.0 Å². The molecule has 96 valence electrons. The Labute approximate surface area is 106 Å². The maximum absolute atomic E-state index is 3.73. The van der Waals surface area contributed by atoms with Crippen LogP contribution in [0.2, 0.25) is 0 Å². The molecule has 0 radical (unpaired) electrons. The van der Waals surface area contributed by atoms with Crippen molar-refractivity contribution >= 4 is 11.8 Å². The fourth-order valence-electron chi connectivity index (χ4n) is 2.24. The fraction of sp³-hybridized carbons (Fsp3) is 1.00. The second-order valence-electron chi connectivity index (χ2n) is 5.44. The Kier molecular flexibility index (Phi) is 8.40. The molecule has 0 heterocycles. The van der Waals surface area contributed by atoms with Gasteiger partial charge in [-0.15, -0.1) is 0 Å². The van der Waals surface area contributed by atoms with Crippen molar-refractivity contribution in [2.45, 2.75) is 64.8 Å². The first-order valence-corrected chi connectivity index (χ1v) is 8.25. The SMILES string of the molecule is CC(C)CCSCCNC1CCCCCC1. The molecule has 2 heteroatoms. The van der Waals surface area contributed by atoms with Crippen LogP contribution in [0.3, 0.4) is 0 Å². The second-order valence-corrected chi connectivity index (χ2v) is 6.66. The first kappa shape index (κ1) is 14.4. The summed E-state index contributed by atoms with van der Waals surface area (Å²) in [6.45, 7) is 5.84. The van der Waals surface area contributed by atoms with Crippen LogP contribution in [0.15, 0.2) is 0 Å². The average Bonchev–Trinajstić information content (AvgIpc) is 2.51. The van der Waals surface area contributed by atoms with Crippen molar-refractivity contribution in [2.24, 2.45) is 5.92 Å². The van der Waals surface area contributed by atoms with Crippen LogP contribution in [-0.4, -0.2) is 24.1 Å². The molecule has 0 bridgehead atoms. The van der Waals surface area contributed by atoms with Gasteiger partial charge >= 0.3 is 0 Å². The first-order chi connectivity index (χ1) is 7.79. The third-order valence-corrected chi connectivity index (χ3v) is 4.39. The quantitative estimate of drug-likeness (QED) is 0.534. The molecule has 0 unspecified atom stereocenters. The van der Waals surface area contributed by atoms with Gasteiger partial charge in [-0.05, 0) is 30.9 Å². The van der Waals surface area contributed by atoms with E-state index in [9.17, 15) is 0 Å². The molecule has 0 aliphatic heterocycles. The Morgan fingerprint density at radius 3 is 2.38 bits per heavy atom. The highest BCUT2D eigenvalue weighted by atomic mass is 32.2. The zero-order valence-electron chi connectivity index (χ0n) is 11.1. The summed E-state index contributed by atoms with van der Waals surface area (Å²) in [7, 11) is 0. The lowest BCUT2D eigenvalue weighted by Crippen LogP contribution is -2.30. The van der Waals surface area contributed by atoms with Crippen molar-refractivity contribution in [1.82, 2.24) is 5.32 Å². The van der Waals surface area contributed by atoms with Crippen molar-refractivity contribution < 1.29 is 0 Å². The molecule has 1 N–H and O–H groups in total. The summed E-state index contributed by atoms with van der Waals surface area (Å²) in [5.74, 6) is 3.50. The Balaban J connectivity index is 1.89. The molecule has 0 saturated heterocycles. The summed E-state index contributed by atoms with van der Waals surface area (Å²) in [6, 6.07) is 0.827. The zero-order valence-corrected chi connectivity index (χ0v) is 12.0. The Morgan fingerprint density at radius 2 is 1.75 bits per heavy atom. The van der Waals surface area contributed by atoms with Crippen molar-refractivity contribution in [2.75, 3.05) is 18.1 Å². The monoisotopic (exact) mass is 243 g/mol. The van der Waals surface area contributed by atoms with E-state index in [0.717, 1.165) is 12.0 Å². The van der Waals surface area contributed by atoms with Gasteiger partial charge in [0.1, 0.15) is 0 Å². The number of hydrogen-bond donors (Lipinski definition) is 1. The van der Waals surface area contributed by atoms with E-state index >= 15 is 0 Å². The molecule has 0 atom stereocenters. The highest BCUT2D eigenvalue weighted by Crippen LogP contribution is 2.17. The molecule has 0 aromatic carbocycles. The summed E-state index contributed by atoms with van der Waals surface area (Å²) in [5.41, 5.74) is 0. The molecule has 0 aromatic rings. The van der Waals surface area contributed by atoms with E-state index in [1.54, 1.807) is 0 Å². The minimum atomic E-state index is 0.827. The van der Waals surface area contributed by atoms with Gasteiger partial charge in [0.05, 0.1) is 0 Å². The van der Waals surface area contributed by atoms with Gasteiger partial charge in [-0.2, -0.15) is 11.8 Å². The van der Waals surface area contributed by atoms with E-state index in [4.69, 9.17) is 0 Å². The third kappa shape index (κ3) is 7.56. The van der Waals surface area contributed by atoms with Crippen LogP contribution in [0, 0.1) is 5.92 Å². The molecule has 1 aliphatic carbocycles. The molecule has 0 spiro atoms. The van der Waals surface area contributed by atoms with Crippen LogP contribution in [0.1, 0.15) is 58.8 Å². The molecule has 0 aromatic heterocycles. The summed E-state index contributed by atoms with van der Waals surface area (Å²) in [6.07, 6.45) is 10.0. The van der Waals surface area contributed by atoms with E-state index in [2.05, 4.69) is 30.9 Å². The van der Waals surface area contributed by atoms with Gasteiger partial charge in [0.2, 0.25) is 0 Å². The highest BCUT2D eigenvalue weighted by Gasteiger charge is 2.10. The van der Waals surface area contributed by atoms with Crippen molar-refractivity contribution in [3.63, 3.8) is 0 Å². The number of rotatable bonds is 7. The lowest BCUT2D eigenvalue weighted by atomic mass is 10.1. The molecule has 1 nitrogen and oxygen atoms in total. The second kappa shape index (κ2) is 9.35. The maximum Gasteiger partial charge on any atom is 0.00673 e. The minimum Gasteiger partial charge on any atom is -0.313 e. The number of thioether (sulfide) groups is 1. The lowest BCUT2D eigenvalue weighted by Gasteiger charge is -2.15. The predicted octanol–water partition coefficient (Wildman–Crippen LogP) is 4.08. The highest BCUT2D eigenvalue weighted by molar-refractivity contribution is 7.99. The summed E-state index contributed by atoms with van der Waals surface area (Å²) < 4.78 is 0. The standard InChI is InChI=1S/C14H29NS/c1-13(2)9-11-16-12-10-15-14-7-5-3-4-6-8-14/h13-15H,3-12H2,1-2H3. The fourth-order valence-corrected chi connectivity index (χ4v) is 3.34. The van der Waals surface area contributed by atoms with Crippen LogP contribution in [0.4, 0.5) is 0 Å². The lowest BCUT2D eigenvalue weighted by molar-refractivity contribution is 0.474. The zero-order chi connectivity index (χ0) is 11.6. The maximum atomic E-state index is 3.73. The van der Waals surface area contributed by atoms with E-state index in [-0.39, 0.29) is 0 Å². The number of nitrogens with one attached hydrogen (secondary N) is 1. The molecule has 16 heavy (non-hydrogen) atoms. The average molecular weight is 243 g/mol. The Morgan fingerprint density at radius 1 is 1.06 bits per heavy atom. The van der Waals surface area contributed by atoms with E-state index in [0.29, 0.717) is 0 Å². The third-order valence-electron chi connectivity index (χ3n) is 3.37. The van der Waals surface area contributed by atoms with Gasteiger partial charge in [-0.1, -0.05) is 39.5 Å². The van der Waals surface area contributed by atoms with Gasteiger partial charge in [0.15, 0.2) is 0 Å². The van der Waals surface area contributed by atoms with Gasteiger partial charge < -0.3 is 5.32 Å². The smallest absolute Gasteiger partial charge is 0.00673 e. The Bertz CT molecular complexity index is 151. The molecule has 1 aliphatic rings.